The number of anilines is 1. The highest BCUT2D eigenvalue weighted by Crippen LogP contribution is 2.44. The standard InChI is InChI=1S/C15H18N4O/c16-12-3-5-17-7-11(12)14-8-18-9-19(14)13-4-6-20-15(13)10-1-2-10/h3,5,7-10,13,15H,1-2,4,6H2,(H2,16,17). The van der Waals surface area contributed by atoms with Gasteiger partial charge in [-0.2, -0.15) is 0 Å². The van der Waals surface area contributed by atoms with Crippen LogP contribution in [-0.4, -0.2) is 27.2 Å². The summed E-state index contributed by atoms with van der Waals surface area (Å²) in [5.41, 5.74) is 8.80. The molecule has 104 valence electrons. The van der Waals surface area contributed by atoms with Crippen LogP contribution in [0, 0.1) is 5.92 Å². The van der Waals surface area contributed by atoms with E-state index in [-0.39, 0.29) is 0 Å². The molecular weight excluding hydrogens is 252 g/mol. The lowest BCUT2D eigenvalue weighted by atomic mass is 10.0. The number of pyridine rings is 1. The molecule has 2 aromatic heterocycles. The zero-order valence-corrected chi connectivity index (χ0v) is 11.3. The average Bonchev–Trinajstić information content (AvgIpc) is 3.01. The second-order valence-electron chi connectivity index (χ2n) is 5.68. The third-order valence-electron chi connectivity index (χ3n) is 4.34. The topological polar surface area (TPSA) is 66.0 Å². The number of nitrogens with zero attached hydrogens (tertiary/aromatic N) is 3. The van der Waals surface area contributed by atoms with Crippen molar-refractivity contribution in [2.75, 3.05) is 12.3 Å². The van der Waals surface area contributed by atoms with Crippen molar-refractivity contribution in [3.63, 3.8) is 0 Å². The molecule has 2 N–H and O–H groups in total. The largest absolute Gasteiger partial charge is 0.398 e. The van der Waals surface area contributed by atoms with E-state index in [1.165, 1.54) is 12.8 Å². The number of hydrogen-bond acceptors (Lipinski definition) is 4. The highest BCUT2D eigenvalue weighted by Gasteiger charge is 2.42. The Labute approximate surface area is 117 Å². The van der Waals surface area contributed by atoms with Crippen molar-refractivity contribution in [2.45, 2.75) is 31.4 Å². The predicted octanol–water partition coefficient (Wildman–Crippen LogP) is 2.27. The second-order valence-corrected chi connectivity index (χ2v) is 5.68. The van der Waals surface area contributed by atoms with Gasteiger partial charge in [-0.05, 0) is 31.2 Å². The minimum absolute atomic E-state index is 0.334. The molecule has 20 heavy (non-hydrogen) atoms. The molecule has 0 amide bonds. The van der Waals surface area contributed by atoms with E-state index >= 15 is 0 Å². The molecule has 1 aliphatic heterocycles. The first-order chi connectivity index (χ1) is 9.84. The molecule has 1 saturated heterocycles. The molecule has 2 aromatic rings. The Morgan fingerprint density at radius 3 is 2.90 bits per heavy atom. The zero-order chi connectivity index (χ0) is 13.5. The van der Waals surface area contributed by atoms with Crippen molar-refractivity contribution in [1.29, 1.82) is 0 Å². The Balaban J connectivity index is 1.73. The van der Waals surface area contributed by atoms with E-state index in [1.54, 1.807) is 6.20 Å². The highest BCUT2D eigenvalue weighted by molar-refractivity contribution is 5.72. The SMILES string of the molecule is Nc1ccncc1-c1cncn1C1CCOC1C1CC1. The normalized spacial score (nSPS) is 26.0. The van der Waals surface area contributed by atoms with Crippen LogP contribution in [0.25, 0.3) is 11.3 Å². The van der Waals surface area contributed by atoms with Crippen LogP contribution < -0.4 is 5.73 Å². The summed E-state index contributed by atoms with van der Waals surface area (Å²) in [6.07, 6.45) is 11.3. The lowest BCUT2D eigenvalue weighted by molar-refractivity contribution is 0.0754. The lowest BCUT2D eigenvalue weighted by Crippen LogP contribution is -2.22. The van der Waals surface area contributed by atoms with E-state index < -0.39 is 0 Å². The molecule has 2 fully saturated rings. The first-order valence-electron chi connectivity index (χ1n) is 7.18. The third-order valence-corrected chi connectivity index (χ3v) is 4.34. The van der Waals surface area contributed by atoms with Crippen molar-refractivity contribution in [2.24, 2.45) is 5.92 Å². The van der Waals surface area contributed by atoms with Gasteiger partial charge in [-0.1, -0.05) is 0 Å². The molecule has 4 rings (SSSR count). The smallest absolute Gasteiger partial charge is 0.0954 e. The first-order valence-corrected chi connectivity index (χ1v) is 7.18. The van der Waals surface area contributed by atoms with Crippen molar-refractivity contribution < 1.29 is 4.74 Å². The maximum atomic E-state index is 6.07. The summed E-state index contributed by atoms with van der Waals surface area (Å²) < 4.78 is 8.16. The number of nitrogen functional groups attached to an aromatic ring is 1. The summed E-state index contributed by atoms with van der Waals surface area (Å²) in [7, 11) is 0. The van der Waals surface area contributed by atoms with Crippen LogP contribution in [0.15, 0.2) is 31.0 Å². The molecule has 1 saturated carbocycles. The van der Waals surface area contributed by atoms with E-state index in [2.05, 4.69) is 14.5 Å². The predicted molar refractivity (Wildman–Crippen MR) is 76.0 cm³/mol. The second kappa shape index (κ2) is 4.59. The Morgan fingerprint density at radius 1 is 1.20 bits per heavy atom. The summed E-state index contributed by atoms with van der Waals surface area (Å²) in [4.78, 5) is 8.51. The molecule has 0 aromatic carbocycles. The van der Waals surface area contributed by atoms with Gasteiger partial charge in [-0.3, -0.25) is 4.98 Å². The van der Waals surface area contributed by atoms with Gasteiger partial charge in [0.05, 0.1) is 30.4 Å². The highest BCUT2D eigenvalue weighted by atomic mass is 16.5. The Bertz CT molecular complexity index is 620. The molecule has 2 unspecified atom stereocenters. The minimum atomic E-state index is 0.334. The zero-order valence-electron chi connectivity index (χ0n) is 11.3. The van der Waals surface area contributed by atoms with E-state index in [0.29, 0.717) is 12.1 Å². The molecule has 0 bridgehead atoms. The van der Waals surface area contributed by atoms with Gasteiger partial charge in [0.25, 0.3) is 0 Å². The van der Waals surface area contributed by atoms with Crippen LogP contribution in [0.4, 0.5) is 5.69 Å². The fourth-order valence-electron chi connectivity index (χ4n) is 3.17. The van der Waals surface area contributed by atoms with E-state index in [1.807, 2.05) is 24.8 Å². The summed E-state index contributed by atoms with van der Waals surface area (Å²) in [6.45, 7) is 0.839. The maximum absolute atomic E-state index is 6.07. The number of imidazole rings is 1. The van der Waals surface area contributed by atoms with Crippen molar-refractivity contribution in [1.82, 2.24) is 14.5 Å². The van der Waals surface area contributed by atoms with E-state index in [4.69, 9.17) is 10.5 Å². The van der Waals surface area contributed by atoms with Crippen LogP contribution in [0.2, 0.25) is 0 Å². The molecule has 2 aliphatic rings. The van der Waals surface area contributed by atoms with E-state index in [9.17, 15) is 0 Å². The van der Waals surface area contributed by atoms with Crippen LogP contribution in [0.5, 0.6) is 0 Å². The molecule has 3 heterocycles. The molecule has 5 nitrogen and oxygen atoms in total. The lowest BCUT2D eigenvalue weighted by Gasteiger charge is -2.22. The molecule has 0 spiro atoms. The van der Waals surface area contributed by atoms with Crippen molar-refractivity contribution in [3.8, 4) is 11.3 Å². The van der Waals surface area contributed by atoms with Crippen LogP contribution in [0.1, 0.15) is 25.3 Å². The summed E-state index contributed by atoms with van der Waals surface area (Å²) >= 11 is 0. The van der Waals surface area contributed by atoms with Crippen LogP contribution in [-0.2, 0) is 4.74 Å². The third kappa shape index (κ3) is 1.89. The number of rotatable bonds is 3. The number of nitrogens with two attached hydrogens (primary N) is 1. The Hall–Kier alpha value is -1.88. The monoisotopic (exact) mass is 270 g/mol. The van der Waals surface area contributed by atoms with E-state index in [0.717, 1.165) is 35.9 Å². The van der Waals surface area contributed by atoms with Gasteiger partial charge in [0.1, 0.15) is 0 Å². The molecular formula is C15H18N4O. The summed E-state index contributed by atoms with van der Waals surface area (Å²) in [5.74, 6) is 0.726. The summed E-state index contributed by atoms with van der Waals surface area (Å²) in [6, 6.07) is 2.20. The molecule has 5 heteroatoms. The summed E-state index contributed by atoms with van der Waals surface area (Å²) in [5, 5.41) is 0. The molecule has 2 atom stereocenters. The van der Waals surface area contributed by atoms with Gasteiger partial charge in [0.15, 0.2) is 0 Å². The fourth-order valence-corrected chi connectivity index (χ4v) is 3.17. The van der Waals surface area contributed by atoms with Crippen molar-refractivity contribution >= 4 is 5.69 Å². The van der Waals surface area contributed by atoms with Gasteiger partial charge >= 0.3 is 0 Å². The van der Waals surface area contributed by atoms with Crippen LogP contribution >= 0.6 is 0 Å². The number of hydrogen-bond donors (Lipinski definition) is 1. The van der Waals surface area contributed by atoms with Gasteiger partial charge in [-0.25, -0.2) is 4.98 Å². The Morgan fingerprint density at radius 2 is 2.10 bits per heavy atom. The van der Waals surface area contributed by atoms with Crippen molar-refractivity contribution in [3.05, 3.63) is 31.0 Å². The number of aromatic nitrogens is 3. The quantitative estimate of drug-likeness (QED) is 0.929. The number of ether oxygens (including phenoxy) is 1. The van der Waals surface area contributed by atoms with Gasteiger partial charge < -0.3 is 15.0 Å². The molecule has 0 radical (unpaired) electrons. The van der Waals surface area contributed by atoms with Gasteiger partial charge in [-0.15, -0.1) is 0 Å². The first kappa shape index (κ1) is 11.9. The fraction of sp³-hybridized carbons (Fsp3) is 0.467. The van der Waals surface area contributed by atoms with Gasteiger partial charge in [0.2, 0.25) is 0 Å². The maximum Gasteiger partial charge on any atom is 0.0954 e. The Kier molecular flexibility index (Phi) is 2.73. The minimum Gasteiger partial charge on any atom is -0.398 e. The van der Waals surface area contributed by atoms with Crippen LogP contribution in [0.3, 0.4) is 0 Å². The average molecular weight is 270 g/mol. The van der Waals surface area contributed by atoms with Gasteiger partial charge in [0, 0.05) is 30.3 Å². The molecule has 1 aliphatic carbocycles.